The molecule has 43 heavy (non-hydrogen) atoms. The fraction of sp³-hybridized carbons (Fsp3) is 0.633. The third kappa shape index (κ3) is 6.33. The zero-order chi connectivity index (χ0) is 30.8. The number of piperazine rings is 1. The topological polar surface area (TPSA) is 93.3 Å². The van der Waals surface area contributed by atoms with Crippen LogP contribution >= 0.6 is 0 Å². The minimum atomic E-state index is -4.45. The highest BCUT2D eigenvalue weighted by molar-refractivity contribution is 5.94. The van der Waals surface area contributed by atoms with Crippen molar-refractivity contribution in [2.24, 2.45) is 0 Å². The molecule has 1 unspecified atom stereocenters. The van der Waals surface area contributed by atoms with E-state index in [-0.39, 0.29) is 44.0 Å². The minimum absolute atomic E-state index is 0.0661. The van der Waals surface area contributed by atoms with Crippen LogP contribution < -0.4 is 10.6 Å². The van der Waals surface area contributed by atoms with Gasteiger partial charge in [0.1, 0.15) is 11.7 Å². The lowest BCUT2D eigenvalue weighted by Crippen LogP contribution is -2.59. The van der Waals surface area contributed by atoms with E-state index in [0.29, 0.717) is 43.9 Å². The Balaban J connectivity index is 1.41. The lowest BCUT2D eigenvalue weighted by molar-refractivity contribution is -0.170. The van der Waals surface area contributed by atoms with E-state index < -0.39 is 24.0 Å². The number of nitrogens with one attached hydrogen (secondary N) is 2. The molecule has 236 valence electrons. The second-order valence-corrected chi connectivity index (χ2v) is 11.6. The average molecular weight is 606 g/mol. The average Bonchev–Trinajstić information content (AvgIpc) is 3.51. The molecule has 0 aromatic carbocycles. The van der Waals surface area contributed by atoms with Crippen molar-refractivity contribution in [2.75, 3.05) is 52.9 Å². The number of hydrogen-bond donors (Lipinski definition) is 2. The first kappa shape index (κ1) is 31.1. The maximum Gasteiger partial charge on any atom is 0.408 e. The zero-order valence-electron chi connectivity index (χ0n) is 25.1. The first-order valence-corrected chi connectivity index (χ1v) is 15.2. The van der Waals surface area contributed by atoms with Gasteiger partial charge in [-0.1, -0.05) is 13.0 Å². The molecule has 1 aromatic heterocycles. The molecule has 0 spiro atoms. The van der Waals surface area contributed by atoms with Crippen LogP contribution in [0.25, 0.3) is 0 Å². The Labute approximate surface area is 250 Å². The molecule has 2 N–H and O–H groups in total. The SMILES string of the molecule is CCOC1(c2cccnc2)C=CC(N2CCN(C(=O)N3CCC[C@H]3C(F)(F)F)C[C@H]2CC)=C(C(=O)NC[C@@H]2CCN2C)N1. The number of urea groups is 1. The number of alkyl halides is 3. The van der Waals surface area contributed by atoms with Gasteiger partial charge in [-0.3, -0.25) is 9.78 Å². The van der Waals surface area contributed by atoms with Gasteiger partial charge in [0.25, 0.3) is 5.91 Å². The number of amides is 3. The molecule has 1 aromatic rings. The van der Waals surface area contributed by atoms with Crippen LogP contribution in [-0.4, -0.2) is 114 Å². The summed E-state index contributed by atoms with van der Waals surface area (Å²) >= 11 is 0. The molecule has 4 aliphatic heterocycles. The molecule has 3 amide bonds. The van der Waals surface area contributed by atoms with Crippen LogP contribution in [0.3, 0.4) is 0 Å². The maximum absolute atomic E-state index is 13.8. The highest BCUT2D eigenvalue weighted by Gasteiger charge is 2.49. The molecular formula is C30H42F3N7O3. The van der Waals surface area contributed by atoms with Crippen LogP contribution in [0.4, 0.5) is 18.0 Å². The first-order chi connectivity index (χ1) is 20.6. The predicted octanol–water partition coefficient (Wildman–Crippen LogP) is 3.01. The Hall–Kier alpha value is -3.32. The number of allylic oxidation sites excluding steroid dienone is 1. The molecule has 3 saturated heterocycles. The van der Waals surface area contributed by atoms with Gasteiger partial charge in [0.15, 0.2) is 5.72 Å². The fourth-order valence-corrected chi connectivity index (χ4v) is 6.47. The number of nitrogens with zero attached hydrogens (tertiary/aromatic N) is 5. The van der Waals surface area contributed by atoms with Gasteiger partial charge in [0.2, 0.25) is 0 Å². The van der Waals surface area contributed by atoms with E-state index in [2.05, 4.69) is 25.4 Å². The van der Waals surface area contributed by atoms with Gasteiger partial charge in [-0.25, -0.2) is 4.79 Å². The van der Waals surface area contributed by atoms with E-state index in [0.717, 1.165) is 23.4 Å². The number of aromatic nitrogens is 1. The second-order valence-electron chi connectivity index (χ2n) is 11.6. The van der Waals surface area contributed by atoms with E-state index in [1.165, 1.54) is 4.90 Å². The van der Waals surface area contributed by atoms with Crippen LogP contribution in [0.15, 0.2) is 48.1 Å². The summed E-state index contributed by atoms with van der Waals surface area (Å²) in [6, 6.07) is 1.45. The molecule has 10 nitrogen and oxygen atoms in total. The quantitative estimate of drug-likeness (QED) is 0.471. The molecule has 0 radical (unpaired) electrons. The molecule has 13 heteroatoms. The van der Waals surface area contributed by atoms with Gasteiger partial charge in [0.05, 0.1) is 5.70 Å². The number of halogens is 3. The lowest BCUT2D eigenvalue weighted by Gasteiger charge is -2.46. The first-order valence-electron chi connectivity index (χ1n) is 15.2. The van der Waals surface area contributed by atoms with Crippen LogP contribution in [0, 0.1) is 0 Å². The van der Waals surface area contributed by atoms with Crippen molar-refractivity contribution in [3.8, 4) is 0 Å². The number of pyridine rings is 1. The Morgan fingerprint density at radius 2 is 1.98 bits per heavy atom. The van der Waals surface area contributed by atoms with Crippen molar-refractivity contribution in [3.05, 3.63) is 53.6 Å². The van der Waals surface area contributed by atoms with Crippen molar-refractivity contribution >= 4 is 11.9 Å². The molecule has 4 atom stereocenters. The standard InChI is InChI=1S/C30H42F3N7O3/c1-4-22-20-38(28(42)40-14-7-9-25(40)30(31,32)33)16-17-39(22)24-10-12-29(43-5-2,21-8-6-13-34-18-21)36-26(24)27(41)35-19-23-11-15-37(23)3/h6,8,10,12-13,18,22-23,25,36H,4-5,7,9,11,14-17,19-20H2,1-3H3,(H,35,41)/t22-,23+,25+,29?/m1/s1. The third-order valence-corrected chi connectivity index (χ3v) is 9.08. The van der Waals surface area contributed by atoms with Crippen LogP contribution in [0.2, 0.25) is 0 Å². The monoisotopic (exact) mass is 605 g/mol. The fourth-order valence-electron chi connectivity index (χ4n) is 6.47. The number of likely N-dealkylation sites (N-methyl/N-ethyl adjacent to an activating group) is 1. The van der Waals surface area contributed by atoms with Gasteiger partial charge >= 0.3 is 12.2 Å². The van der Waals surface area contributed by atoms with Crippen LogP contribution in [-0.2, 0) is 15.3 Å². The molecule has 0 bridgehead atoms. The summed E-state index contributed by atoms with van der Waals surface area (Å²) in [6.45, 7) is 6.70. The molecule has 4 aliphatic rings. The maximum atomic E-state index is 13.8. The van der Waals surface area contributed by atoms with Crippen LogP contribution in [0.1, 0.15) is 45.1 Å². The largest absolute Gasteiger partial charge is 0.408 e. The highest BCUT2D eigenvalue weighted by atomic mass is 19.4. The normalized spacial score (nSPS) is 28.1. The van der Waals surface area contributed by atoms with E-state index >= 15 is 0 Å². The van der Waals surface area contributed by atoms with Crippen molar-refractivity contribution in [3.63, 3.8) is 0 Å². The minimum Gasteiger partial charge on any atom is -0.363 e. The van der Waals surface area contributed by atoms with E-state index in [4.69, 9.17) is 4.74 Å². The second kappa shape index (κ2) is 12.7. The van der Waals surface area contributed by atoms with Gasteiger partial charge < -0.3 is 35.0 Å². The Morgan fingerprint density at radius 3 is 2.60 bits per heavy atom. The zero-order valence-corrected chi connectivity index (χ0v) is 25.1. The summed E-state index contributed by atoms with van der Waals surface area (Å²) in [5.74, 6) is -0.272. The van der Waals surface area contributed by atoms with Crippen molar-refractivity contribution < 1.29 is 27.5 Å². The molecule has 0 aliphatic carbocycles. The number of dihydropyridines is 1. The molecule has 5 heterocycles. The number of likely N-dealkylation sites (tertiary alicyclic amines) is 2. The Kier molecular flexibility index (Phi) is 9.21. The smallest absolute Gasteiger partial charge is 0.363 e. The lowest BCUT2D eigenvalue weighted by atomic mass is 9.97. The summed E-state index contributed by atoms with van der Waals surface area (Å²) in [4.78, 5) is 38.2. The van der Waals surface area contributed by atoms with Gasteiger partial charge in [-0.2, -0.15) is 13.2 Å². The van der Waals surface area contributed by atoms with E-state index in [9.17, 15) is 22.8 Å². The summed E-state index contributed by atoms with van der Waals surface area (Å²) in [6.07, 6.45) is 4.59. The predicted molar refractivity (Wildman–Crippen MR) is 154 cm³/mol. The number of ether oxygens (including phenoxy) is 1. The van der Waals surface area contributed by atoms with Crippen LogP contribution in [0.5, 0.6) is 0 Å². The third-order valence-electron chi connectivity index (χ3n) is 9.08. The van der Waals surface area contributed by atoms with E-state index in [1.54, 1.807) is 12.4 Å². The highest BCUT2D eigenvalue weighted by Crippen LogP contribution is 2.35. The molecule has 3 fully saturated rings. The van der Waals surface area contributed by atoms with Crippen molar-refractivity contribution in [1.82, 2.24) is 35.2 Å². The Morgan fingerprint density at radius 1 is 1.16 bits per heavy atom. The Bertz CT molecular complexity index is 1230. The summed E-state index contributed by atoms with van der Waals surface area (Å²) < 4.78 is 47.0. The van der Waals surface area contributed by atoms with Gasteiger partial charge in [0, 0.05) is 69.4 Å². The van der Waals surface area contributed by atoms with Gasteiger partial charge in [-0.05, 0) is 64.4 Å². The number of carbonyl (C=O) groups excluding carboxylic acids is 2. The summed E-state index contributed by atoms with van der Waals surface area (Å²) in [7, 11) is 2.03. The summed E-state index contributed by atoms with van der Waals surface area (Å²) in [5, 5.41) is 6.49. The van der Waals surface area contributed by atoms with Gasteiger partial charge in [-0.15, -0.1) is 0 Å². The number of carbonyl (C=O) groups is 2. The molecule has 0 saturated carbocycles. The van der Waals surface area contributed by atoms with Crippen molar-refractivity contribution in [1.29, 1.82) is 0 Å². The number of hydrogen-bond acceptors (Lipinski definition) is 7. The number of rotatable bonds is 8. The van der Waals surface area contributed by atoms with Crippen molar-refractivity contribution in [2.45, 2.75) is 69.6 Å². The molecule has 5 rings (SSSR count). The molecular weight excluding hydrogens is 563 g/mol. The summed E-state index contributed by atoms with van der Waals surface area (Å²) in [5.41, 5.74) is 0.626. The van der Waals surface area contributed by atoms with E-state index in [1.807, 2.05) is 45.2 Å².